The Morgan fingerprint density at radius 3 is 1.57 bits per heavy atom. The Balaban J connectivity index is 0.000000233. The van der Waals surface area contributed by atoms with E-state index in [0.717, 1.165) is 11.3 Å². The lowest BCUT2D eigenvalue weighted by Gasteiger charge is -2.07. The summed E-state index contributed by atoms with van der Waals surface area (Å²) in [5, 5.41) is 2.54. The lowest BCUT2D eigenvalue weighted by atomic mass is 10.2. The molecule has 0 bridgehead atoms. The zero-order chi connectivity index (χ0) is 19.3. The second-order valence-electron chi connectivity index (χ2n) is 6.72. The number of hydrogen-bond acceptors (Lipinski definition) is 0. The lowest BCUT2D eigenvalue weighted by Crippen LogP contribution is -1.93. The fraction of sp³-hybridized carbons (Fsp3) is 0.0370. The van der Waals surface area contributed by atoms with Gasteiger partial charge in [0.2, 0.25) is 0 Å². The van der Waals surface area contributed by atoms with Crippen LogP contribution in [0.25, 0.3) is 27.5 Å². The Kier molecular flexibility index (Phi) is 4.95. The molecule has 5 rings (SSSR count). The van der Waals surface area contributed by atoms with Gasteiger partial charge in [-0.1, -0.05) is 78.2 Å². The van der Waals surface area contributed by atoms with E-state index < -0.39 is 0 Å². The highest BCUT2D eigenvalue weighted by molar-refractivity contribution is 6.09. The van der Waals surface area contributed by atoms with Crippen molar-refractivity contribution in [1.29, 1.82) is 0 Å². The molecule has 0 saturated carbocycles. The molecule has 0 aliphatic carbocycles. The third-order valence-corrected chi connectivity index (χ3v) is 4.81. The van der Waals surface area contributed by atoms with E-state index in [1.54, 1.807) is 0 Å². The van der Waals surface area contributed by atoms with Gasteiger partial charge in [-0.15, -0.1) is 6.42 Å². The van der Waals surface area contributed by atoms with Crippen molar-refractivity contribution in [2.45, 2.75) is 6.92 Å². The van der Waals surface area contributed by atoms with E-state index in [1.807, 2.05) is 30.3 Å². The van der Waals surface area contributed by atoms with Gasteiger partial charge in [0.15, 0.2) is 0 Å². The Bertz CT molecular complexity index is 1200. The molecule has 1 nitrogen and oxygen atoms in total. The molecule has 0 amide bonds. The Labute approximate surface area is 165 Å². The maximum absolute atomic E-state index is 5.44. The minimum Gasteiger partial charge on any atom is -0.309 e. The summed E-state index contributed by atoms with van der Waals surface area (Å²) in [4.78, 5) is 0. The van der Waals surface area contributed by atoms with Crippen LogP contribution in [-0.4, -0.2) is 4.57 Å². The Morgan fingerprint density at radius 1 is 0.607 bits per heavy atom. The monoisotopic (exact) mass is 359 g/mol. The Hall–Kier alpha value is -3.76. The van der Waals surface area contributed by atoms with E-state index in [4.69, 9.17) is 6.42 Å². The molecule has 0 saturated heterocycles. The number of aryl methyl sites for hydroxylation is 1. The van der Waals surface area contributed by atoms with E-state index in [-0.39, 0.29) is 0 Å². The van der Waals surface area contributed by atoms with E-state index in [9.17, 15) is 0 Å². The molecular weight excluding hydrogens is 338 g/mol. The molecule has 134 valence electrons. The molecule has 0 spiro atoms. The van der Waals surface area contributed by atoms with Gasteiger partial charge < -0.3 is 4.57 Å². The third-order valence-electron chi connectivity index (χ3n) is 4.81. The second kappa shape index (κ2) is 7.86. The topological polar surface area (TPSA) is 4.93 Å². The van der Waals surface area contributed by atoms with Crippen molar-refractivity contribution in [2.75, 3.05) is 0 Å². The predicted octanol–water partition coefficient (Wildman–Crippen LogP) is 6.76. The first-order chi connectivity index (χ1) is 13.8. The maximum atomic E-state index is 5.44. The van der Waals surface area contributed by atoms with Gasteiger partial charge in [0.25, 0.3) is 0 Å². The Morgan fingerprint density at radius 2 is 1.11 bits per heavy atom. The van der Waals surface area contributed by atoms with Crippen molar-refractivity contribution >= 4 is 21.8 Å². The number of para-hydroxylation sites is 2. The highest BCUT2D eigenvalue weighted by Crippen LogP contribution is 2.31. The predicted molar refractivity (Wildman–Crippen MR) is 120 cm³/mol. The summed E-state index contributed by atoms with van der Waals surface area (Å²) in [7, 11) is 0. The molecule has 0 unspecified atom stereocenters. The van der Waals surface area contributed by atoms with Gasteiger partial charge in [-0.2, -0.15) is 0 Å². The van der Waals surface area contributed by atoms with Gasteiger partial charge in [-0.3, -0.25) is 0 Å². The molecule has 0 radical (unpaired) electrons. The van der Waals surface area contributed by atoms with Crippen LogP contribution < -0.4 is 0 Å². The van der Waals surface area contributed by atoms with E-state index in [1.165, 1.54) is 27.4 Å². The number of rotatable bonds is 1. The number of aromatic nitrogens is 1. The van der Waals surface area contributed by atoms with Crippen molar-refractivity contribution in [2.24, 2.45) is 0 Å². The van der Waals surface area contributed by atoms with E-state index in [0.29, 0.717) is 0 Å². The van der Waals surface area contributed by atoms with Crippen LogP contribution in [0.4, 0.5) is 0 Å². The number of nitrogens with zero attached hydrogens (tertiary/aromatic N) is 1. The molecule has 0 N–H and O–H groups in total. The molecule has 4 aromatic carbocycles. The molecule has 0 aliphatic rings. The van der Waals surface area contributed by atoms with Crippen molar-refractivity contribution in [3.63, 3.8) is 0 Å². The highest BCUT2D eigenvalue weighted by Gasteiger charge is 2.10. The summed E-state index contributed by atoms with van der Waals surface area (Å²) >= 11 is 0. The molecule has 5 aromatic rings. The summed E-state index contributed by atoms with van der Waals surface area (Å²) in [6, 6.07) is 35.4. The van der Waals surface area contributed by atoms with Gasteiger partial charge in [0.1, 0.15) is 0 Å². The summed E-state index contributed by atoms with van der Waals surface area (Å²) in [6.45, 7) is 2.08. The first-order valence-corrected chi connectivity index (χ1v) is 9.35. The molecule has 1 heterocycles. The van der Waals surface area contributed by atoms with Crippen LogP contribution >= 0.6 is 0 Å². The number of terminal acetylenes is 1. The van der Waals surface area contributed by atoms with Crippen molar-refractivity contribution in [1.82, 2.24) is 4.57 Å². The van der Waals surface area contributed by atoms with Gasteiger partial charge in [0.05, 0.1) is 11.0 Å². The minimum absolute atomic E-state index is 0.902. The fourth-order valence-electron chi connectivity index (χ4n) is 3.44. The SMILES string of the molecule is C#Cc1ccc(-n2c3ccccc3c3ccccc32)cc1.Cc1ccccc1. The molecule has 1 heteroatoms. The van der Waals surface area contributed by atoms with Crippen molar-refractivity contribution < 1.29 is 0 Å². The van der Waals surface area contributed by atoms with Crippen LogP contribution in [0, 0.1) is 19.3 Å². The van der Waals surface area contributed by atoms with Crippen LogP contribution in [0.1, 0.15) is 11.1 Å². The molecule has 0 aliphatic heterocycles. The number of benzene rings is 4. The maximum Gasteiger partial charge on any atom is 0.0541 e. The van der Waals surface area contributed by atoms with Crippen LogP contribution in [0.5, 0.6) is 0 Å². The summed E-state index contributed by atoms with van der Waals surface area (Å²) in [5.74, 6) is 2.66. The van der Waals surface area contributed by atoms with Gasteiger partial charge in [0, 0.05) is 22.0 Å². The minimum atomic E-state index is 0.902. The zero-order valence-electron chi connectivity index (χ0n) is 15.8. The first kappa shape index (κ1) is 17.6. The zero-order valence-corrected chi connectivity index (χ0v) is 15.8. The average Bonchev–Trinajstić information content (AvgIpc) is 3.09. The summed E-state index contributed by atoms with van der Waals surface area (Å²) in [5.41, 5.74) is 5.78. The quantitative estimate of drug-likeness (QED) is 0.291. The molecule has 0 fully saturated rings. The number of hydrogen-bond donors (Lipinski definition) is 0. The van der Waals surface area contributed by atoms with Crippen LogP contribution in [-0.2, 0) is 0 Å². The lowest BCUT2D eigenvalue weighted by molar-refractivity contribution is 1.18. The van der Waals surface area contributed by atoms with Gasteiger partial charge in [-0.25, -0.2) is 0 Å². The first-order valence-electron chi connectivity index (χ1n) is 9.35. The van der Waals surface area contributed by atoms with Crippen molar-refractivity contribution in [3.05, 3.63) is 114 Å². The van der Waals surface area contributed by atoms with Crippen LogP contribution in [0.3, 0.4) is 0 Å². The third kappa shape index (κ3) is 3.41. The van der Waals surface area contributed by atoms with E-state index in [2.05, 4.69) is 90.2 Å². The molecular formula is C27H21N. The van der Waals surface area contributed by atoms with E-state index >= 15 is 0 Å². The average molecular weight is 359 g/mol. The second-order valence-corrected chi connectivity index (χ2v) is 6.72. The standard InChI is InChI=1S/C20H13N.C7H8/c1-2-15-11-13-16(14-12-15)21-19-9-5-3-7-17(19)18-8-4-6-10-20(18)21;1-7-5-3-2-4-6-7/h1,3-14H;2-6H,1H3. The smallest absolute Gasteiger partial charge is 0.0541 e. The fourth-order valence-corrected chi connectivity index (χ4v) is 3.44. The number of fused-ring (bicyclic) bond motifs is 3. The van der Waals surface area contributed by atoms with Crippen LogP contribution in [0.15, 0.2) is 103 Å². The summed E-state index contributed by atoms with van der Waals surface area (Å²) in [6.07, 6.45) is 5.44. The summed E-state index contributed by atoms with van der Waals surface area (Å²) < 4.78 is 2.28. The normalized spacial score (nSPS) is 10.3. The molecule has 1 aromatic heterocycles. The molecule has 0 atom stereocenters. The highest BCUT2D eigenvalue weighted by atomic mass is 15.0. The van der Waals surface area contributed by atoms with Gasteiger partial charge in [-0.05, 0) is 43.3 Å². The van der Waals surface area contributed by atoms with Crippen LogP contribution in [0.2, 0.25) is 0 Å². The molecule has 28 heavy (non-hydrogen) atoms. The van der Waals surface area contributed by atoms with Crippen molar-refractivity contribution in [3.8, 4) is 18.0 Å². The van der Waals surface area contributed by atoms with Gasteiger partial charge >= 0.3 is 0 Å². The largest absolute Gasteiger partial charge is 0.309 e.